The minimum Gasteiger partial charge on any atom is -0.394 e. The second-order valence-electron chi connectivity index (χ2n) is 7.28. The molecular weight excluding hydrogens is 382 g/mol. The number of aliphatic hydroxyl groups is 1. The molecule has 9 nitrogen and oxygen atoms in total. The van der Waals surface area contributed by atoms with Crippen LogP contribution in [0.15, 0.2) is 36.8 Å². The van der Waals surface area contributed by atoms with Crippen LogP contribution in [0, 0.1) is 0 Å². The Bertz CT molecular complexity index is 974. The Balaban J connectivity index is 1.99. The van der Waals surface area contributed by atoms with Gasteiger partial charge in [-0.2, -0.15) is 0 Å². The number of hydrogen-bond acceptors (Lipinski definition) is 7. The molecule has 0 aliphatic carbocycles. The summed E-state index contributed by atoms with van der Waals surface area (Å²) in [4.78, 5) is 21.2. The van der Waals surface area contributed by atoms with Crippen LogP contribution in [0.2, 0.25) is 0 Å². The van der Waals surface area contributed by atoms with Gasteiger partial charge >= 0.3 is 0 Å². The van der Waals surface area contributed by atoms with Crippen LogP contribution in [-0.4, -0.2) is 49.3 Å². The summed E-state index contributed by atoms with van der Waals surface area (Å²) in [5, 5.41) is 23.6. The first-order chi connectivity index (χ1) is 14.5. The molecule has 3 heterocycles. The lowest BCUT2D eigenvalue weighted by Gasteiger charge is -2.19. The Labute approximate surface area is 175 Å². The molecule has 0 saturated carbocycles. The first-order valence-electron chi connectivity index (χ1n) is 10.3. The third-order valence-corrected chi connectivity index (χ3v) is 4.80. The van der Waals surface area contributed by atoms with Crippen LogP contribution >= 0.6 is 0 Å². The lowest BCUT2D eigenvalue weighted by molar-refractivity contribution is 0.102. The van der Waals surface area contributed by atoms with Crippen molar-refractivity contribution in [3.63, 3.8) is 0 Å². The van der Waals surface area contributed by atoms with E-state index in [-0.39, 0.29) is 24.6 Å². The molecule has 3 aromatic rings. The van der Waals surface area contributed by atoms with Crippen LogP contribution in [0.4, 0.5) is 17.2 Å². The largest absolute Gasteiger partial charge is 0.394 e. The van der Waals surface area contributed by atoms with Gasteiger partial charge in [-0.1, -0.05) is 20.3 Å². The lowest BCUT2D eigenvalue weighted by atomic mass is 10.1. The van der Waals surface area contributed by atoms with Gasteiger partial charge in [0.2, 0.25) is 0 Å². The third kappa shape index (κ3) is 5.04. The van der Waals surface area contributed by atoms with Gasteiger partial charge in [-0.3, -0.25) is 9.78 Å². The lowest BCUT2D eigenvalue weighted by Crippen LogP contribution is -2.23. The first-order valence-corrected chi connectivity index (χ1v) is 10.3. The minimum absolute atomic E-state index is 0.0270. The number of pyridine rings is 1. The maximum absolute atomic E-state index is 12.9. The monoisotopic (exact) mass is 411 g/mol. The van der Waals surface area contributed by atoms with Gasteiger partial charge in [0.05, 0.1) is 18.5 Å². The molecule has 0 aliphatic heterocycles. The number of aliphatic hydroxyl groups excluding tert-OH is 1. The number of nitrogens with zero attached hydrogens (tertiary/aromatic N) is 4. The number of hydrogen-bond donors (Lipinski definition) is 4. The summed E-state index contributed by atoms with van der Waals surface area (Å²) < 4.78 is 1.53. The molecule has 3 aromatic heterocycles. The molecule has 0 spiro atoms. The maximum atomic E-state index is 12.9. The molecule has 0 fully saturated rings. The summed E-state index contributed by atoms with van der Waals surface area (Å²) in [5.74, 6) is 0.325. The zero-order valence-corrected chi connectivity index (χ0v) is 17.6. The molecule has 160 valence electrons. The molecule has 0 saturated heterocycles. The molecular formula is C21H29N7O2. The molecule has 2 unspecified atom stereocenters. The quantitative estimate of drug-likeness (QED) is 0.405. The minimum atomic E-state index is -0.319. The van der Waals surface area contributed by atoms with Crippen LogP contribution in [0.25, 0.3) is 5.65 Å². The molecule has 0 radical (unpaired) electrons. The average Bonchev–Trinajstić information content (AvgIpc) is 3.18. The maximum Gasteiger partial charge on any atom is 0.276 e. The number of carbonyl (C=O) groups excluding carboxylic acids is 1. The molecule has 4 N–H and O–H groups in total. The van der Waals surface area contributed by atoms with Crippen molar-refractivity contribution in [1.82, 2.24) is 19.6 Å². The fraction of sp³-hybridized carbons (Fsp3) is 0.429. The zero-order valence-electron chi connectivity index (χ0n) is 17.6. The second-order valence-corrected chi connectivity index (χ2v) is 7.28. The van der Waals surface area contributed by atoms with Crippen molar-refractivity contribution in [1.29, 1.82) is 0 Å². The van der Waals surface area contributed by atoms with Gasteiger partial charge in [0.15, 0.2) is 11.3 Å². The van der Waals surface area contributed by atoms with E-state index in [0.717, 1.165) is 19.3 Å². The Morgan fingerprint density at radius 2 is 2.00 bits per heavy atom. The van der Waals surface area contributed by atoms with E-state index in [9.17, 15) is 9.90 Å². The van der Waals surface area contributed by atoms with Crippen molar-refractivity contribution in [2.75, 3.05) is 22.6 Å². The fourth-order valence-electron chi connectivity index (χ4n) is 3.18. The molecule has 2 atom stereocenters. The second kappa shape index (κ2) is 10.0. The number of imidazole rings is 1. The highest BCUT2D eigenvalue weighted by atomic mass is 16.3. The van der Waals surface area contributed by atoms with Crippen molar-refractivity contribution in [2.45, 2.75) is 52.1 Å². The summed E-state index contributed by atoms with van der Waals surface area (Å²) in [5.41, 5.74) is 2.17. The summed E-state index contributed by atoms with van der Waals surface area (Å²) in [6, 6.07) is 5.41. The van der Waals surface area contributed by atoms with E-state index in [1.54, 1.807) is 24.5 Å². The summed E-state index contributed by atoms with van der Waals surface area (Å²) in [7, 11) is 0. The van der Waals surface area contributed by atoms with Crippen LogP contribution < -0.4 is 16.0 Å². The van der Waals surface area contributed by atoms with Gasteiger partial charge in [-0.05, 0) is 31.9 Å². The van der Waals surface area contributed by atoms with Crippen LogP contribution in [-0.2, 0) is 0 Å². The van der Waals surface area contributed by atoms with Crippen molar-refractivity contribution in [3.8, 4) is 0 Å². The smallest absolute Gasteiger partial charge is 0.276 e. The molecule has 30 heavy (non-hydrogen) atoms. The van der Waals surface area contributed by atoms with E-state index in [1.165, 1.54) is 10.7 Å². The first kappa shape index (κ1) is 21.5. The average molecular weight is 412 g/mol. The number of amides is 1. The Hall–Kier alpha value is -3.20. The summed E-state index contributed by atoms with van der Waals surface area (Å²) in [6.45, 7) is 6.12. The fourth-order valence-corrected chi connectivity index (χ4v) is 3.18. The van der Waals surface area contributed by atoms with Gasteiger partial charge in [0, 0.05) is 36.2 Å². The van der Waals surface area contributed by atoms with Crippen molar-refractivity contribution >= 4 is 28.7 Å². The number of fused-ring (bicyclic) bond motifs is 1. The normalized spacial score (nSPS) is 13.1. The van der Waals surface area contributed by atoms with Gasteiger partial charge in [0.1, 0.15) is 5.82 Å². The number of nitrogens with one attached hydrogen (secondary N) is 3. The summed E-state index contributed by atoms with van der Waals surface area (Å²) in [6.07, 6.45) is 7.77. The van der Waals surface area contributed by atoms with Gasteiger partial charge in [-0.15, -0.1) is 5.10 Å². The topological polar surface area (TPSA) is 116 Å². The van der Waals surface area contributed by atoms with E-state index < -0.39 is 0 Å². The third-order valence-electron chi connectivity index (χ3n) is 4.80. The SMILES string of the molecule is CCCC(CC)Nc1cc(NC(C)CO)c2ncc(C(=O)Nc3ccncc3)n2n1. The number of carbonyl (C=O) groups is 1. The van der Waals surface area contributed by atoms with E-state index >= 15 is 0 Å². The molecule has 0 bridgehead atoms. The van der Waals surface area contributed by atoms with Crippen LogP contribution in [0.5, 0.6) is 0 Å². The van der Waals surface area contributed by atoms with Gasteiger partial charge < -0.3 is 21.1 Å². The van der Waals surface area contributed by atoms with E-state index in [1.807, 2.05) is 13.0 Å². The predicted molar refractivity (Wildman–Crippen MR) is 118 cm³/mol. The molecule has 0 aliphatic rings. The molecule has 0 aromatic carbocycles. The van der Waals surface area contributed by atoms with Gasteiger partial charge in [-0.25, -0.2) is 9.50 Å². The highest BCUT2D eigenvalue weighted by Crippen LogP contribution is 2.23. The van der Waals surface area contributed by atoms with Crippen molar-refractivity contribution < 1.29 is 9.90 Å². The van der Waals surface area contributed by atoms with Gasteiger partial charge in [0.25, 0.3) is 5.91 Å². The number of rotatable bonds is 10. The zero-order chi connectivity index (χ0) is 21.5. The van der Waals surface area contributed by atoms with E-state index in [2.05, 4.69) is 44.9 Å². The summed E-state index contributed by atoms with van der Waals surface area (Å²) >= 11 is 0. The predicted octanol–water partition coefficient (Wildman–Crippen LogP) is 3.16. The van der Waals surface area contributed by atoms with Crippen LogP contribution in [0.3, 0.4) is 0 Å². The van der Waals surface area contributed by atoms with E-state index in [0.29, 0.717) is 28.5 Å². The molecule has 3 rings (SSSR count). The van der Waals surface area contributed by atoms with E-state index in [4.69, 9.17) is 0 Å². The highest BCUT2D eigenvalue weighted by molar-refractivity contribution is 6.03. The van der Waals surface area contributed by atoms with Crippen LogP contribution in [0.1, 0.15) is 50.5 Å². The number of anilines is 3. The standard InChI is InChI=1S/C21H29N7O2/c1-4-6-15(5-2)25-19-11-17(24-14(3)13-29)20-23-12-18(28(20)27-19)21(30)26-16-7-9-22-10-8-16/h7-12,14-15,24,29H,4-6,13H2,1-3H3,(H,25,27)(H,22,26,30). The Morgan fingerprint density at radius 1 is 1.23 bits per heavy atom. The molecule has 9 heteroatoms. The molecule has 1 amide bonds. The van der Waals surface area contributed by atoms with Crippen molar-refractivity contribution in [2.24, 2.45) is 0 Å². The number of aromatic nitrogens is 4. The Kier molecular flexibility index (Phi) is 7.18. The Morgan fingerprint density at radius 3 is 2.67 bits per heavy atom. The highest BCUT2D eigenvalue weighted by Gasteiger charge is 2.19. The van der Waals surface area contributed by atoms with Crippen molar-refractivity contribution in [3.05, 3.63) is 42.5 Å².